The second-order valence-corrected chi connectivity index (χ2v) is 9.08. The monoisotopic (exact) mass is 519 g/mol. The number of aryl methyl sites for hydroxylation is 2. The molecule has 3 N–H and O–H groups in total. The molecule has 3 aromatic heterocycles. The van der Waals surface area contributed by atoms with Crippen molar-refractivity contribution in [3.63, 3.8) is 0 Å². The lowest BCUT2D eigenvalue weighted by molar-refractivity contribution is 0.0686. The molecular formula is C30H25N5O4. The van der Waals surface area contributed by atoms with E-state index in [2.05, 4.69) is 21.7 Å². The third-order valence-electron chi connectivity index (χ3n) is 6.23. The molecule has 2 amide bonds. The zero-order valence-electron chi connectivity index (χ0n) is 21.3. The number of pyridine rings is 1. The molecule has 5 aromatic rings. The summed E-state index contributed by atoms with van der Waals surface area (Å²) in [6.07, 6.45) is 8.91. The van der Waals surface area contributed by atoms with Crippen molar-refractivity contribution in [3.05, 3.63) is 113 Å². The Kier molecular flexibility index (Phi) is 6.79. The number of para-hydroxylation sites is 1. The topological polar surface area (TPSA) is 118 Å². The maximum atomic E-state index is 12.8. The average Bonchev–Trinajstić information content (AvgIpc) is 3.48. The summed E-state index contributed by atoms with van der Waals surface area (Å²) < 4.78 is 3.00. The highest BCUT2D eigenvalue weighted by molar-refractivity contribution is 6.07. The fourth-order valence-electron chi connectivity index (χ4n) is 4.22. The maximum Gasteiger partial charge on any atom is 0.352 e. The van der Waals surface area contributed by atoms with Crippen LogP contribution in [0.5, 0.6) is 0 Å². The summed E-state index contributed by atoms with van der Waals surface area (Å²) in [6.45, 7) is 0. The zero-order chi connectivity index (χ0) is 27.5. The minimum Gasteiger partial charge on any atom is -0.477 e. The van der Waals surface area contributed by atoms with Crippen LogP contribution >= 0.6 is 0 Å². The summed E-state index contributed by atoms with van der Waals surface area (Å²) in [5.74, 6) is -1.83. The van der Waals surface area contributed by atoms with Gasteiger partial charge < -0.3 is 24.9 Å². The molecule has 2 aromatic carbocycles. The van der Waals surface area contributed by atoms with Crippen LogP contribution in [0.4, 0.5) is 11.4 Å². The van der Waals surface area contributed by atoms with Gasteiger partial charge in [0.2, 0.25) is 0 Å². The molecule has 0 aliphatic heterocycles. The molecule has 0 aliphatic rings. The SMILES string of the molecule is Cn1cc(NC(=O)c2cc(NC(=O)c3ccc(/C=C/c4cnc5ccccc5c4)cc3)cn2C)cc1C(=O)O. The van der Waals surface area contributed by atoms with E-state index in [4.69, 9.17) is 0 Å². The van der Waals surface area contributed by atoms with Gasteiger partial charge in [-0.25, -0.2) is 4.79 Å². The smallest absolute Gasteiger partial charge is 0.352 e. The first-order chi connectivity index (χ1) is 18.8. The molecule has 5 rings (SSSR count). The number of aromatic nitrogens is 3. The number of carboxylic acids is 1. The van der Waals surface area contributed by atoms with Gasteiger partial charge in [0, 0.05) is 43.6 Å². The predicted octanol–water partition coefficient (Wildman–Crippen LogP) is 5.29. The molecule has 0 atom stereocenters. The van der Waals surface area contributed by atoms with Crippen LogP contribution in [0, 0.1) is 0 Å². The highest BCUT2D eigenvalue weighted by Crippen LogP contribution is 2.19. The fourth-order valence-corrected chi connectivity index (χ4v) is 4.22. The van der Waals surface area contributed by atoms with Crippen LogP contribution < -0.4 is 10.6 Å². The van der Waals surface area contributed by atoms with Gasteiger partial charge in [-0.2, -0.15) is 0 Å². The molecule has 0 unspecified atom stereocenters. The van der Waals surface area contributed by atoms with Gasteiger partial charge in [-0.1, -0.05) is 42.5 Å². The molecule has 0 spiro atoms. The van der Waals surface area contributed by atoms with Crippen LogP contribution in [0.3, 0.4) is 0 Å². The molecule has 0 bridgehead atoms. The first kappa shape index (κ1) is 25.2. The van der Waals surface area contributed by atoms with Gasteiger partial charge in [-0.15, -0.1) is 0 Å². The third kappa shape index (κ3) is 5.62. The Bertz CT molecular complexity index is 1750. The lowest BCUT2D eigenvalue weighted by atomic mass is 10.1. The number of aromatic carboxylic acids is 1. The quantitative estimate of drug-likeness (QED) is 0.270. The molecule has 0 radical (unpaired) electrons. The standard InChI is InChI=1S/C30H25N5O4/c1-34-17-23(14-26(34)29(37)33-24-15-27(30(38)39)35(2)18-24)32-28(36)21-11-9-19(10-12-21)7-8-20-13-22-5-3-4-6-25(22)31-16-20/h3-18H,1-2H3,(H,32,36)(H,33,37)(H,38,39)/b8-7+. The summed E-state index contributed by atoms with van der Waals surface area (Å²) in [6, 6.07) is 20.1. The number of amides is 2. The number of nitrogens with one attached hydrogen (secondary N) is 2. The van der Waals surface area contributed by atoms with Crippen molar-refractivity contribution in [2.75, 3.05) is 10.6 Å². The highest BCUT2D eigenvalue weighted by atomic mass is 16.4. The average molecular weight is 520 g/mol. The van der Waals surface area contributed by atoms with E-state index in [1.165, 1.54) is 16.8 Å². The van der Waals surface area contributed by atoms with Crippen LogP contribution in [-0.2, 0) is 14.1 Å². The summed E-state index contributed by atoms with van der Waals surface area (Å²) in [4.78, 5) is 41.3. The van der Waals surface area contributed by atoms with Crippen molar-refractivity contribution in [1.82, 2.24) is 14.1 Å². The van der Waals surface area contributed by atoms with Crippen molar-refractivity contribution in [2.45, 2.75) is 0 Å². The van der Waals surface area contributed by atoms with Crippen molar-refractivity contribution >= 4 is 52.2 Å². The molecule has 0 saturated carbocycles. The summed E-state index contributed by atoms with van der Waals surface area (Å²) in [7, 11) is 3.27. The Morgan fingerprint density at radius 2 is 1.38 bits per heavy atom. The maximum absolute atomic E-state index is 12.8. The number of anilines is 2. The number of carbonyl (C=O) groups excluding carboxylic acids is 2. The number of fused-ring (bicyclic) bond motifs is 1. The van der Waals surface area contributed by atoms with Gasteiger partial charge in [0.25, 0.3) is 11.8 Å². The lowest BCUT2D eigenvalue weighted by Crippen LogP contribution is -2.15. The number of nitrogens with zero attached hydrogens (tertiary/aromatic N) is 3. The normalized spacial score (nSPS) is 11.1. The number of benzene rings is 2. The van der Waals surface area contributed by atoms with Crippen LogP contribution in [0.1, 0.15) is 42.5 Å². The molecule has 39 heavy (non-hydrogen) atoms. The van der Waals surface area contributed by atoms with Crippen molar-refractivity contribution in [3.8, 4) is 0 Å². The Morgan fingerprint density at radius 3 is 2.08 bits per heavy atom. The first-order valence-corrected chi connectivity index (χ1v) is 12.1. The van der Waals surface area contributed by atoms with Crippen LogP contribution in [-0.4, -0.2) is 37.0 Å². The van der Waals surface area contributed by atoms with Crippen molar-refractivity contribution in [2.24, 2.45) is 14.1 Å². The van der Waals surface area contributed by atoms with E-state index in [-0.39, 0.29) is 11.6 Å². The van der Waals surface area contributed by atoms with Gasteiger partial charge >= 0.3 is 5.97 Å². The second kappa shape index (κ2) is 10.5. The van der Waals surface area contributed by atoms with E-state index in [1.807, 2.05) is 54.7 Å². The number of rotatable bonds is 7. The van der Waals surface area contributed by atoms with Crippen LogP contribution in [0.15, 0.2) is 85.3 Å². The van der Waals surface area contributed by atoms with Crippen molar-refractivity contribution < 1.29 is 19.5 Å². The molecule has 9 heteroatoms. The Balaban J connectivity index is 1.22. The molecule has 0 saturated heterocycles. The van der Waals surface area contributed by atoms with E-state index < -0.39 is 11.9 Å². The van der Waals surface area contributed by atoms with Crippen molar-refractivity contribution in [1.29, 1.82) is 0 Å². The number of carboxylic acid groups (broad SMARTS) is 1. The van der Waals surface area contributed by atoms with Crippen LogP contribution in [0.25, 0.3) is 23.1 Å². The van der Waals surface area contributed by atoms with E-state index in [9.17, 15) is 19.5 Å². The molecule has 0 aliphatic carbocycles. The van der Waals surface area contributed by atoms with Gasteiger partial charge in [-0.3, -0.25) is 14.6 Å². The minimum absolute atomic E-state index is 0.0531. The van der Waals surface area contributed by atoms with Gasteiger partial charge in [-0.05, 0) is 47.5 Å². The Morgan fingerprint density at radius 1 is 0.769 bits per heavy atom. The summed E-state index contributed by atoms with van der Waals surface area (Å²) >= 11 is 0. The van der Waals surface area contributed by atoms with Gasteiger partial charge in [0.1, 0.15) is 11.4 Å². The molecule has 3 heterocycles. The minimum atomic E-state index is -1.09. The summed E-state index contributed by atoms with van der Waals surface area (Å²) in [5.41, 5.74) is 4.50. The summed E-state index contributed by atoms with van der Waals surface area (Å²) in [5, 5.41) is 15.8. The van der Waals surface area contributed by atoms with E-state index in [0.717, 1.165) is 22.0 Å². The van der Waals surface area contributed by atoms with Gasteiger partial charge in [0.15, 0.2) is 0 Å². The van der Waals surface area contributed by atoms with Crippen LogP contribution in [0.2, 0.25) is 0 Å². The van der Waals surface area contributed by atoms with E-state index >= 15 is 0 Å². The third-order valence-corrected chi connectivity index (χ3v) is 6.23. The van der Waals surface area contributed by atoms with E-state index in [0.29, 0.717) is 22.6 Å². The largest absolute Gasteiger partial charge is 0.477 e. The van der Waals surface area contributed by atoms with Gasteiger partial charge in [0.05, 0.1) is 16.9 Å². The first-order valence-electron chi connectivity index (χ1n) is 12.1. The Hall–Kier alpha value is -5.44. The molecular weight excluding hydrogens is 494 g/mol. The highest BCUT2D eigenvalue weighted by Gasteiger charge is 2.17. The number of hydrogen-bond acceptors (Lipinski definition) is 4. The number of carbonyl (C=O) groups is 3. The fraction of sp³-hybridized carbons (Fsp3) is 0.0667. The number of hydrogen-bond donors (Lipinski definition) is 3. The molecule has 0 fully saturated rings. The molecule has 194 valence electrons. The Labute approximate surface area is 224 Å². The van der Waals surface area contributed by atoms with E-state index in [1.54, 1.807) is 43.1 Å². The molecule has 9 nitrogen and oxygen atoms in total. The second-order valence-electron chi connectivity index (χ2n) is 9.08. The zero-order valence-corrected chi connectivity index (χ0v) is 21.3. The lowest BCUT2D eigenvalue weighted by Gasteiger charge is -2.03. The predicted molar refractivity (Wildman–Crippen MR) is 151 cm³/mol.